The van der Waals surface area contributed by atoms with E-state index >= 15 is 20.1 Å². The van der Waals surface area contributed by atoms with Crippen LogP contribution < -0.4 is 5.32 Å². The van der Waals surface area contributed by atoms with E-state index in [0.29, 0.717) is 92.8 Å². The number of carbonyl (C=O) groups is 2. The molecule has 18 rings (SSSR count). The average Bonchev–Trinajstić information content (AvgIpc) is 1.27. The normalized spacial score (nSPS) is 50.5. The number of likely N-dealkylation sites (N-methyl/N-ethyl adjacent to an activating group) is 1. The predicted octanol–water partition coefficient (Wildman–Crippen LogP) is 11.2. The highest BCUT2D eigenvalue weighted by Gasteiger charge is 2.88. The molecule has 5 N–H and O–H groups in total. The fourth-order valence-corrected chi connectivity index (χ4v) is 26.7. The number of aliphatic hydroxyl groups excluding tert-OH is 1. The molecule has 3 aromatic carbocycles. The Hall–Kier alpha value is -4.14. The maximum absolute atomic E-state index is 16.1. The Morgan fingerprint density at radius 1 is 0.750 bits per heavy atom. The molecule has 9 nitrogen and oxygen atoms in total. The summed E-state index contributed by atoms with van der Waals surface area (Å²) in [6.45, 7) is 2.42. The Kier molecular flexibility index (Phi) is 12.2. The number of aldehydes is 1. The zero-order valence-electron chi connectivity index (χ0n) is 49.9. The number of esters is 1. The van der Waals surface area contributed by atoms with Gasteiger partial charge in [-0.2, -0.15) is 0 Å². The molecule has 3 aromatic rings. The summed E-state index contributed by atoms with van der Waals surface area (Å²) in [4.78, 5) is 30.1. The molecule has 1 saturated heterocycles. The third kappa shape index (κ3) is 6.86. The number of hydrogen-bond acceptors (Lipinski definition) is 9. The predicted molar refractivity (Wildman–Crippen MR) is 319 cm³/mol. The summed E-state index contributed by atoms with van der Waals surface area (Å²) in [5.74, 6) is 8.44. The first-order chi connectivity index (χ1) is 40.7. The number of carbonyl (C=O) groups excluding carboxylic acids is 2. The quantitative estimate of drug-likeness (QED) is 0.0979. The van der Waals surface area contributed by atoms with E-state index < -0.39 is 45.6 Å². The molecular formula is C75H91NO8. The smallest absolute Gasteiger partial charge is 0.331 e. The standard InChI is InChI=1S/C75H91NO8/c1-43-49-18-17-46(30-49)29-44-10-8-11-45(28-44)31-63-56-22-26-69-25-21-51(47-12-4-3-5-13-47)33-54(69)35-61(56)72(69)41-71(42-78)64-23-27-70-24-7-6-14-48-15-9-16-52(40-77)57(48)36-62(76-2)58-34-53(66(70)59-37-65(79)84-67(58)59)38-74(70,81)73(64,80)39-55-32-50(43)19-20-60(68(72)83-63)75(55,71)82/h3-5,8-13,15-16,28,37,42-43,46,49-51,53-56,58,60-64,66-68,76-77,80-82H,7,17-27,29-36,38-41H2,1-2H3/t43-,46+,49-,50-,51-,53-,54-,55+,56-,58-,60-,61+,62+,63+,64-,66-,67-,68-,69+,70-,71+,72+,73+,74-,75+/m1/s1. The highest BCUT2D eigenvalue weighted by atomic mass is 16.5. The Morgan fingerprint density at radius 2 is 1.55 bits per heavy atom. The number of fused-ring (bicyclic) bond motifs is 14. The molecule has 0 aromatic heterocycles. The third-order valence-electron chi connectivity index (χ3n) is 29.6. The summed E-state index contributed by atoms with van der Waals surface area (Å²) in [5.41, 5.74) is 0.449. The molecule has 10 saturated carbocycles. The fourth-order valence-electron chi connectivity index (χ4n) is 26.7. The van der Waals surface area contributed by atoms with Gasteiger partial charge in [0.25, 0.3) is 0 Å². The van der Waals surface area contributed by atoms with Crippen LogP contribution in [0.5, 0.6) is 0 Å². The van der Waals surface area contributed by atoms with Gasteiger partial charge in [0.15, 0.2) is 0 Å². The van der Waals surface area contributed by atoms with Gasteiger partial charge >= 0.3 is 5.97 Å². The topological polar surface area (TPSA) is 146 Å². The van der Waals surface area contributed by atoms with Crippen LogP contribution in [0, 0.1) is 110 Å². The van der Waals surface area contributed by atoms with Gasteiger partial charge < -0.3 is 40.0 Å². The van der Waals surface area contributed by atoms with Crippen molar-refractivity contribution in [2.45, 2.75) is 208 Å². The van der Waals surface area contributed by atoms with E-state index in [1.165, 1.54) is 42.2 Å². The molecule has 3 aliphatic heterocycles. The molecular weight excluding hydrogens is 1040 g/mol. The van der Waals surface area contributed by atoms with Crippen LogP contribution in [0.25, 0.3) is 0 Å². The lowest BCUT2D eigenvalue weighted by molar-refractivity contribution is -0.385. The van der Waals surface area contributed by atoms with Gasteiger partial charge in [0.1, 0.15) is 18.0 Å². The molecule has 16 bridgehead atoms. The molecule has 25 atom stereocenters. The first kappa shape index (κ1) is 54.0. The first-order valence-electron chi connectivity index (χ1n) is 34.0. The van der Waals surface area contributed by atoms with Crippen LogP contribution in [0.4, 0.5) is 0 Å². The molecule has 3 spiro atoms. The minimum atomic E-state index is -1.73. The number of hydrogen-bond donors (Lipinski definition) is 5. The molecule has 11 fully saturated rings. The van der Waals surface area contributed by atoms with Crippen molar-refractivity contribution in [1.82, 2.24) is 5.32 Å². The zero-order chi connectivity index (χ0) is 56.9. The van der Waals surface area contributed by atoms with Crippen molar-refractivity contribution in [2.24, 2.45) is 98.6 Å². The van der Waals surface area contributed by atoms with E-state index in [9.17, 15) is 9.90 Å². The molecule has 15 aliphatic rings. The van der Waals surface area contributed by atoms with Crippen molar-refractivity contribution in [2.75, 3.05) is 7.05 Å². The van der Waals surface area contributed by atoms with E-state index in [2.05, 4.69) is 84.7 Å². The molecule has 0 radical (unpaired) electrons. The summed E-state index contributed by atoms with van der Waals surface area (Å²) in [6.07, 6.45) is 21.6. The van der Waals surface area contributed by atoms with Gasteiger partial charge in [-0.15, -0.1) is 0 Å². The van der Waals surface area contributed by atoms with Gasteiger partial charge in [-0.3, -0.25) is 0 Å². The summed E-state index contributed by atoms with van der Waals surface area (Å²) in [6, 6.07) is 26.7. The molecule has 444 valence electrons. The van der Waals surface area contributed by atoms with Crippen molar-refractivity contribution in [3.05, 3.63) is 118 Å². The Morgan fingerprint density at radius 3 is 2.38 bits per heavy atom. The molecule has 3 heterocycles. The average molecular weight is 1130 g/mol. The van der Waals surface area contributed by atoms with Crippen LogP contribution in [0.1, 0.15) is 175 Å². The lowest BCUT2D eigenvalue weighted by Gasteiger charge is -2.78. The van der Waals surface area contributed by atoms with Gasteiger partial charge in [0.05, 0.1) is 35.4 Å². The van der Waals surface area contributed by atoms with Crippen molar-refractivity contribution >= 4 is 12.3 Å². The number of aliphatic hydroxyl groups is 4. The first-order valence-corrected chi connectivity index (χ1v) is 34.0. The van der Waals surface area contributed by atoms with Crippen molar-refractivity contribution in [3.8, 4) is 11.8 Å². The number of benzene rings is 3. The van der Waals surface area contributed by atoms with Crippen LogP contribution >= 0.6 is 0 Å². The van der Waals surface area contributed by atoms with E-state index in [-0.39, 0.29) is 77.7 Å². The molecule has 0 amide bonds. The summed E-state index contributed by atoms with van der Waals surface area (Å²) in [7, 11) is 1.98. The van der Waals surface area contributed by atoms with Crippen LogP contribution in [0.2, 0.25) is 0 Å². The fraction of sp³-hybridized carbons (Fsp3) is 0.680. The molecule has 9 heteroatoms. The number of nitrogens with one attached hydrogen (secondary N) is 1. The Balaban J connectivity index is 0.855. The lowest BCUT2D eigenvalue weighted by atomic mass is 9.29. The minimum Gasteiger partial charge on any atom is -0.454 e. The second kappa shape index (κ2) is 18.9. The Bertz CT molecular complexity index is 3270. The SMILES string of the molecule is CN[C@H]1Cc2c(cccc2CO)C#CCC[C@]23CC[C@H]4[C@@](O)(C[C@@H]5C[C@H]6CC[C@@H]7[C@H]8O[C@@H](Cc9cccc(c9)C[C@@H]9CC[C@H](C9)[C@H]6C)[C@@H]6CC[C@@]9%10CC[C@@H](c%11ccccc%11)C[C@@H]9C[C@@H]6[C@@]8%10C[C@@]4(C=O)[C@]57O)[C@@]2(O)C[C@H]2C[C@H]1[C@H]1OC(=O)C=C1[C@@H]23. The second-order valence-corrected chi connectivity index (χ2v) is 31.6. The maximum atomic E-state index is 16.1. The minimum absolute atomic E-state index is 0.0150. The van der Waals surface area contributed by atoms with Crippen molar-refractivity contribution in [3.63, 3.8) is 0 Å². The molecule has 84 heavy (non-hydrogen) atoms. The number of ether oxygens (including phenoxy) is 2. The van der Waals surface area contributed by atoms with Gasteiger partial charge in [0, 0.05) is 52.7 Å². The van der Waals surface area contributed by atoms with Crippen LogP contribution in [0.15, 0.2) is 84.4 Å². The summed E-state index contributed by atoms with van der Waals surface area (Å²) >= 11 is 0. The van der Waals surface area contributed by atoms with Crippen LogP contribution in [0.3, 0.4) is 0 Å². The second-order valence-electron chi connectivity index (χ2n) is 31.6. The highest BCUT2D eigenvalue weighted by molar-refractivity contribution is 5.86. The van der Waals surface area contributed by atoms with E-state index in [1.54, 1.807) is 6.08 Å². The lowest BCUT2D eigenvalue weighted by Crippen LogP contribution is -2.84. The van der Waals surface area contributed by atoms with E-state index in [1.807, 2.05) is 19.2 Å². The summed E-state index contributed by atoms with van der Waals surface area (Å²) in [5, 5.41) is 60.2. The van der Waals surface area contributed by atoms with E-state index in [4.69, 9.17) is 9.47 Å². The van der Waals surface area contributed by atoms with Crippen molar-refractivity contribution < 1.29 is 39.5 Å². The maximum Gasteiger partial charge on any atom is 0.331 e. The van der Waals surface area contributed by atoms with Gasteiger partial charge in [-0.05, 0) is 258 Å². The van der Waals surface area contributed by atoms with Gasteiger partial charge in [0.2, 0.25) is 0 Å². The number of rotatable bonds is 4. The van der Waals surface area contributed by atoms with Crippen LogP contribution in [-0.4, -0.2) is 80.9 Å². The highest BCUT2D eigenvalue weighted by Crippen LogP contribution is 2.86. The monoisotopic (exact) mass is 1130 g/mol. The van der Waals surface area contributed by atoms with Crippen LogP contribution in [-0.2, 0) is 44.9 Å². The largest absolute Gasteiger partial charge is 0.454 e. The van der Waals surface area contributed by atoms with Crippen molar-refractivity contribution in [1.29, 1.82) is 0 Å². The van der Waals surface area contributed by atoms with E-state index in [0.717, 1.165) is 92.9 Å². The zero-order valence-corrected chi connectivity index (χ0v) is 49.9. The van der Waals surface area contributed by atoms with Gasteiger partial charge in [-0.1, -0.05) is 85.5 Å². The third-order valence-corrected chi connectivity index (χ3v) is 29.6. The molecule has 12 aliphatic carbocycles. The van der Waals surface area contributed by atoms with Gasteiger partial charge in [-0.25, -0.2) is 4.79 Å². The Labute approximate surface area is 498 Å². The molecule has 0 unspecified atom stereocenters. The summed E-state index contributed by atoms with van der Waals surface area (Å²) < 4.78 is 14.7.